The number of nitrogens with zero attached hydrogens (tertiary/aromatic N) is 2. The molecule has 180 valence electrons. The normalized spacial score (nSPS) is 23.8. The van der Waals surface area contributed by atoms with Crippen LogP contribution in [0.4, 0.5) is 0 Å². The Morgan fingerprint density at radius 2 is 1.82 bits per heavy atom. The van der Waals surface area contributed by atoms with Crippen LogP contribution in [-0.4, -0.2) is 53.6 Å². The van der Waals surface area contributed by atoms with Gasteiger partial charge in [0.05, 0.1) is 0 Å². The van der Waals surface area contributed by atoms with Crippen LogP contribution in [0.5, 0.6) is 11.5 Å². The van der Waals surface area contributed by atoms with Crippen LogP contribution in [0.15, 0.2) is 42.5 Å². The standard InChI is InChI=1S/C27H33N3O4/c1-18-7-5-8-19(2)29(18)14-6-13-28-26(31)25-21-9-3-4-10-22(21)27(32)30(25)16-20-11-12-23-24(15-20)34-17-33-23/h3-4,9-12,15,18-19,25H,5-8,13-14,16-17H2,1-2H3,(H,28,31)/t18-,19-,25+/m1/s1. The van der Waals surface area contributed by atoms with Gasteiger partial charge < -0.3 is 19.7 Å². The molecule has 34 heavy (non-hydrogen) atoms. The minimum absolute atomic E-state index is 0.121. The van der Waals surface area contributed by atoms with Crippen molar-refractivity contribution in [2.45, 2.75) is 64.2 Å². The lowest BCUT2D eigenvalue weighted by atomic mass is 9.97. The molecule has 2 aromatic carbocycles. The highest BCUT2D eigenvalue weighted by atomic mass is 16.7. The highest BCUT2D eigenvalue weighted by Gasteiger charge is 2.40. The number of ether oxygens (including phenoxy) is 2. The zero-order valence-electron chi connectivity index (χ0n) is 20.0. The molecule has 0 spiro atoms. The lowest BCUT2D eigenvalue weighted by Gasteiger charge is -2.39. The fraction of sp³-hybridized carbons (Fsp3) is 0.481. The second kappa shape index (κ2) is 9.66. The van der Waals surface area contributed by atoms with Crippen molar-refractivity contribution in [3.8, 4) is 11.5 Å². The maximum Gasteiger partial charge on any atom is 0.255 e. The highest BCUT2D eigenvalue weighted by Crippen LogP contribution is 2.37. The minimum atomic E-state index is -0.637. The second-order valence-electron chi connectivity index (χ2n) is 9.62. The third kappa shape index (κ3) is 4.37. The second-order valence-corrected chi connectivity index (χ2v) is 9.62. The smallest absolute Gasteiger partial charge is 0.255 e. The van der Waals surface area contributed by atoms with Gasteiger partial charge in [0.15, 0.2) is 11.5 Å². The van der Waals surface area contributed by atoms with Gasteiger partial charge in [-0.15, -0.1) is 0 Å². The summed E-state index contributed by atoms with van der Waals surface area (Å²) < 4.78 is 10.9. The van der Waals surface area contributed by atoms with Gasteiger partial charge in [-0.1, -0.05) is 30.7 Å². The molecule has 3 aliphatic rings. The van der Waals surface area contributed by atoms with E-state index in [4.69, 9.17) is 9.47 Å². The van der Waals surface area contributed by atoms with Crippen LogP contribution in [0.2, 0.25) is 0 Å². The topological polar surface area (TPSA) is 71.1 Å². The monoisotopic (exact) mass is 463 g/mol. The molecule has 3 atom stereocenters. The maximum absolute atomic E-state index is 13.4. The molecule has 2 amide bonds. The lowest BCUT2D eigenvalue weighted by molar-refractivity contribution is -0.125. The van der Waals surface area contributed by atoms with Crippen molar-refractivity contribution in [2.24, 2.45) is 0 Å². The summed E-state index contributed by atoms with van der Waals surface area (Å²) in [5, 5.41) is 3.11. The van der Waals surface area contributed by atoms with Crippen LogP contribution in [0.3, 0.4) is 0 Å². The molecule has 3 aliphatic heterocycles. The van der Waals surface area contributed by atoms with Crippen molar-refractivity contribution in [3.63, 3.8) is 0 Å². The summed E-state index contributed by atoms with van der Waals surface area (Å²) in [5.41, 5.74) is 2.26. The first-order chi connectivity index (χ1) is 16.5. The molecule has 3 heterocycles. The number of piperidine rings is 1. The van der Waals surface area contributed by atoms with Gasteiger partial charge in [0, 0.05) is 37.3 Å². The summed E-state index contributed by atoms with van der Waals surface area (Å²) in [6, 6.07) is 13.6. The van der Waals surface area contributed by atoms with Gasteiger partial charge in [-0.05, 0) is 62.4 Å². The van der Waals surface area contributed by atoms with Crippen LogP contribution in [0, 0.1) is 0 Å². The Labute approximate surface area is 201 Å². The van der Waals surface area contributed by atoms with Gasteiger partial charge >= 0.3 is 0 Å². The van der Waals surface area contributed by atoms with Gasteiger partial charge in [-0.25, -0.2) is 0 Å². The third-order valence-corrected chi connectivity index (χ3v) is 7.36. The van der Waals surface area contributed by atoms with Gasteiger partial charge in [0.25, 0.3) is 5.91 Å². The largest absolute Gasteiger partial charge is 0.454 e. The number of fused-ring (bicyclic) bond motifs is 2. The zero-order valence-corrected chi connectivity index (χ0v) is 20.0. The summed E-state index contributed by atoms with van der Waals surface area (Å²) in [4.78, 5) is 30.8. The zero-order chi connectivity index (χ0) is 23.7. The SMILES string of the molecule is C[C@@H]1CCC[C@@H](C)N1CCCNC(=O)[C@@H]1c2ccccc2C(=O)N1Cc1ccc2c(c1)OCO2. The van der Waals surface area contributed by atoms with Crippen molar-refractivity contribution < 1.29 is 19.1 Å². The number of nitrogens with one attached hydrogen (secondary N) is 1. The van der Waals surface area contributed by atoms with E-state index >= 15 is 0 Å². The van der Waals surface area contributed by atoms with E-state index in [1.165, 1.54) is 19.3 Å². The molecule has 0 aromatic heterocycles. The van der Waals surface area contributed by atoms with E-state index in [0.717, 1.165) is 24.1 Å². The van der Waals surface area contributed by atoms with E-state index in [1.54, 1.807) is 11.0 Å². The molecule has 1 fully saturated rings. The molecule has 0 unspecified atom stereocenters. The molecule has 2 aromatic rings. The van der Waals surface area contributed by atoms with E-state index in [2.05, 4.69) is 24.1 Å². The average Bonchev–Trinajstić information content (AvgIpc) is 3.41. The Kier molecular flexibility index (Phi) is 6.46. The van der Waals surface area contributed by atoms with Gasteiger partial charge in [-0.3, -0.25) is 14.5 Å². The molecule has 0 saturated carbocycles. The van der Waals surface area contributed by atoms with Crippen molar-refractivity contribution in [2.75, 3.05) is 19.9 Å². The number of hydrogen-bond donors (Lipinski definition) is 1. The molecule has 0 bridgehead atoms. The number of likely N-dealkylation sites (tertiary alicyclic amines) is 1. The van der Waals surface area contributed by atoms with Crippen molar-refractivity contribution in [1.29, 1.82) is 0 Å². The van der Waals surface area contributed by atoms with Crippen molar-refractivity contribution in [1.82, 2.24) is 15.1 Å². The minimum Gasteiger partial charge on any atom is -0.454 e. The fourth-order valence-electron chi connectivity index (χ4n) is 5.54. The summed E-state index contributed by atoms with van der Waals surface area (Å²) >= 11 is 0. The van der Waals surface area contributed by atoms with Crippen LogP contribution in [0.1, 0.15) is 67.1 Å². The number of amides is 2. The Morgan fingerprint density at radius 1 is 1.06 bits per heavy atom. The summed E-state index contributed by atoms with van der Waals surface area (Å²) in [6.45, 7) is 6.69. The molecule has 5 rings (SSSR count). The summed E-state index contributed by atoms with van der Waals surface area (Å²) in [5.74, 6) is 1.12. The number of hydrogen-bond acceptors (Lipinski definition) is 5. The molecule has 1 saturated heterocycles. The van der Waals surface area contributed by atoms with E-state index in [-0.39, 0.29) is 18.6 Å². The van der Waals surface area contributed by atoms with Crippen molar-refractivity contribution in [3.05, 3.63) is 59.2 Å². The van der Waals surface area contributed by atoms with Crippen molar-refractivity contribution >= 4 is 11.8 Å². The first-order valence-electron chi connectivity index (χ1n) is 12.3. The van der Waals surface area contributed by atoms with Gasteiger partial charge in [-0.2, -0.15) is 0 Å². The molecular weight excluding hydrogens is 430 g/mol. The van der Waals surface area contributed by atoms with Crippen LogP contribution in [-0.2, 0) is 11.3 Å². The lowest BCUT2D eigenvalue weighted by Crippen LogP contribution is -2.45. The summed E-state index contributed by atoms with van der Waals surface area (Å²) in [6.07, 6.45) is 4.67. The van der Waals surface area contributed by atoms with Crippen LogP contribution < -0.4 is 14.8 Å². The molecule has 0 aliphatic carbocycles. The Balaban J connectivity index is 1.26. The number of benzene rings is 2. The van der Waals surface area contributed by atoms with E-state index in [0.29, 0.717) is 42.2 Å². The van der Waals surface area contributed by atoms with Crippen LogP contribution in [0.25, 0.3) is 0 Å². The fourth-order valence-corrected chi connectivity index (χ4v) is 5.54. The van der Waals surface area contributed by atoms with Gasteiger partial charge in [0.2, 0.25) is 12.7 Å². The third-order valence-electron chi connectivity index (χ3n) is 7.36. The van der Waals surface area contributed by atoms with Gasteiger partial charge in [0.1, 0.15) is 6.04 Å². The Bertz CT molecular complexity index is 1060. The summed E-state index contributed by atoms with van der Waals surface area (Å²) in [7, 11) is 0. The number of rotatable bonds is 7. The Hall–Kier alpha value is -3.06. The predicted molar refractivity (Wildman–Crippen MR) is 129 cm³/mol. The van der Waals surface area contributed by atoms with E-state index in [1.807, 2.05) is 36.4 Å². The number of carbonyl (C=O) groups excluding carboxylic acids is 2. The van der Waals surface area contributed by atoms with E-state index in [9.17, 15) is 9.59 Å². The Morgan fingerprint density at radius 3 is 2.65 bits per heavy atom. The maximum atomic E-state index is 13.4. The first kappa shape index (κ1) is 22.7. The molecular formula is C27H33N3O4. The molecule has 7 nitrogen and oxygen atoms in total. The molecule has 1 N–H and O–H groups in total. The predicted octanol–water partition coefficient (Wildman–Crippen LogP) is 3.88. The highest BCUT2D eigenvalue weighted by molar-refractivity contribution is 6.04. The molecule has 0 radical (unpaired) electrons. The quantitative estimate of drug-likeness (QED) is 0.631. The average molecular weight is 464 g/mol. The molecule has 7 heteroatoms. The number of carbonyl (C=O) groups is 2. The van der Waals surface area contributed by atoms with E-state index < -0.39 is 6.04 Å². The first-order valence-corrected chi connectivity index (χ1v) is 12.3. The van der Waals surface area contributed by atoms with Crippen LogP contribution >= 0.6 is 0 Å².